The van der Waals surface area contributed by atoms with Gasteiger partial charge >= 0.3 is 0 Å². The molecule has 3 N–H and O–H groups in total. The van der Waals surface area contributed by atoms with Gasteiger partial charge in [-0.05, 0) is 46.3 Å². The highest BCUT2D eigenvalue weighted by Gasteiger charge is 2.16. The molecule has 0 saturated heterocycles. The van der Waals surface area contributed by atoms with E-state index in [4.69, 9.17) is 5.73 Å². The minimum Gasteiger partial charge on any atom is -0.397 e. The molecule has 0 bridgehead atoms. The third-order valence-corrected chi connectivity index (χ3v) is 3.61. The normalized spacial score (nSPS) is 10.3. The summed E-state index contributed by atoms with van der Waals surface area (Å²) < 4.78 is 14.8. The Kier molecular flexibility index (Phi) is 4.21. The molecule has 0 aliphatic heterocycles. The van der Waals surface area contributed by atoms with Crippen LogP contribution in [-0.2, 0) is 0 Å². The lowest BCUT2D eigenvalue weighted by Gasteiger charge is -2.10. The number of halogens is 3. The van der Waals surface area contributed by atoms with Crippen LogP contribution in [0.3, 0.4) is 0 Å². The van der Waals surface area contributed by atoms with Gasteiger partial charge in [0, 0.05) is 8.95 Å². The van der Waals surface area contributed by atoms with Crippen LogP contribution < -0.4 is 11.1 Å². The number of rotatable bonds is 2. The van der Waals surface area contributed by atoms with Gasteiger partial charge in [-0.2, -0.15) is 0 Å². The first-order chi connectivity index (χ1) is 8.99. The zero-order valence-corrected chi connectivity index (χ0v) is 12.8. The predicted octanol–water partition coefficient (Wildman–Crippen LogP) is 4.19. The van der Waals surface area contributed by atoms with E-state index in [2.05, 4.69) is 37.2 Å². The maximum absolute atomic E-state index is 13.6. The third kappa shape index (κ3) is 3.13. The molecule has 0 aliphatic rings. The number of nitrogen functional groups attached to an aromatic ring is 1. The molecule has 0 spiro atoms. The van der Waals surface area contributed by atoms with Crippen LogP contribution in [-0.4, -0.2) is 5.91 Å². The Morgan fingerprint density at radius 2 is 1.95 bits per heavy atom. The largest absolute Gasteiger partial charge is 0.397 e. The second-order valence-electron chi connectivity index (χ2n) is 3.78. The molecule has 1 amide bonds. The Bertz CT molecular complexity index is 626. The van der Waals surface area contributed by atoms with Crippen molar-refractivity contribution in [2.24, 2.45) is 0 Å². The fourth-order valence-corrected chi connectivity index (χ4v) is 2.45. The number of nitrogens with two attached hydrogens (primary N) is 1. The van der Waals surface area contributed by atoms with Gasteiger partial charge in [0.1, 0.15) is 5.82 Å². The van der Waals surface area contributed by atoms with Gasteiger partial charge < -0.3 is 11.1 Å². The second-order valence-corrected chi connectivity index (χ2v) is 5.55. The third-order valence-electron chi connectivity index (χ3n) is 2.45. The Morgan fingerprint density at radius 3 is 2.58 bits per heavy atom. The molecule has 0 aromatic heterocycles. The topological polar surface area (TPSA) is 55.1 Å². The molecular weight excluding hydrogens is 379 g/mol. The Labute approximate surface area is 126 Å². The minimum atomic E-state index is -0.595. The molecule has 2 aromatic rings. The summed E-state index contributed by atoms with van der Waals surface area (Å²) >= 11 is 6.42. The average molecular weight is 388 g/mol. The highest BCUT2D eigenvalue weighted by atomic mass is 79.9. The molecule has 0 fully saturated rings. The summed E-state index contributed by atoms with van der Waals surface area (Å²) in [5, 5.41) is 2.58. The van der Waals surface area contributed by atoms with Gasteiger partial charge in [-0.15, -0.1) is 0 Å². The van der Waals surface area contributed by atoms with Crippen molar-refractivity contribution < 1.29 is 9.18 Å². The van der Waals surface area contributed by atoms with Crippen molar-refractivity contribution >= 4 is 49.1 Å². The van der Waals surface area contributed by atoms with Crippen molar-refractivity contribution in [2.75, 3.05) is 11.1 Å². The number of benzene rings is 2. The average Bonchev–Trinajstić information content (AvgIpc) is 2.32. The number of anilines is 2. The van der Waals surface area contributed by atoms with Crippen LogP contribution in [0.5, 0.6) is 0 Å². The maximum Gasteiger partial charge on any atom is 0.259 e. The first-order valence-corrected chi connectivity index (χ1v) is 6.88. The van der Waals surface area contributed by atoms with Gasteiger partial charge in [0.2, 0.25) is 0 Å². The van der Waals surface area contributed by atoms with Crippen LogP contribution in [0.25, 0.3) is 0 Å². The van der Waals surface area contributed by atoms with E-state index in [1.807, 2.05) is 0 Å². The van der Waals surface area contributed by atoms with Gasteiger partial charge in [-0.3, -0.25) is 4.79 Å². The second kappa shape index (κ2) is 5.71. The van der Waals surface area contributed by atoms with Crippen molar-refractivity contribution in [1.82, 2.24) is 0 Å². The molecule has 2 aromatic carbocycles. The van der Waals surface area contributed by atoms with Crippen molar-refractivity contribution in [1.29, 1.82) is 0 Å². The van der Waals surface area contributed by atoms with E-state index in [1.165, 1.54) is 12.1 Å². The number of nitrogens with one attached hydrogen (secondary N) is 1. The van der Waals surface area contributed by atoms with Crippen LogP contribution in [0.4, 0.5) is 15.8 Å². The number of hydrogen-bond acceptors (Lipinski definition) is 2. The number of carbonyl (C=O) groups is 1. The number of hydrogen-bond donors (Lipinski definition) is 2. The molecule has 0 saturated carbocycles. The van der Waals surface area contributed by atoms with E-state index < -0.39 is 11.7 Å². The molecule has 3 nitrogen and oxygen atoms in total. The van der Waals surface area contributed by atoms with Crippen LogP contribution in [0.2, 0.25) is 0 Å². The number of carbonyl (C=O) groups excluding carboxylic acids is 1. The summed E-state index contributed by atoms with van der Waals surface area (Å²) in [5.41, 5.74) is 6.55. The Balaban J connectivity index is 2.31. The molecule has 0 heterocycles. The summed E-state index contributed by atoms with van der Waals surface area (Å²) in [4.78, 5) is 12.0. The van der Waals surface area contributed by atoms with Crippen molar-refractivity contribution in [3.8, 4) is 0 Å². The highest BCUT2D eigenvalue weighted by Crippen LogP contribution is 2.25. The van der Waals surface area contributed by atoms with Crippen molar-refractivity contribution in [2.45, 2.75) is 0 Å². The first-order valence-electron chi connectivity index (χ1n) is 5.29. The van der Waals surface area contributed by atoms with Crippen LogP contribution >= 0.6 is 31.9 Å². The van der Waals surface area contributed by atoms with Gasteiger partial charge in [-0.1, -0.05) is 22.0 Å². The Hall–Kier alpha value is -1.40. The molecule has 2 rings (SSSR count). The van der Waals surface area contributed by atoms with E-state index in [-0.39, 0.29) is 5.56 Å². The van der Waals surface area contributed by atoms with Gasteiger partial charge in [0.25, 0.3) is 5.91 Å². The lowest BCUT2D eigenvalue weighted by Crippen LogP contribution is -2.15. The molecule has 19 heavy (non-hydrogen) atoms. The van der Waals surface area contributed by atoms with Gasteiger partial charge in [0.15, 0.2) is 0 Å². The zero-order valence-electron chi connectivity index (χ0n) is 9.58. The van der Waals surface area contributed by atoms with E-state index in [9.17, 15) is 9.18 Å². The zero-order chi connectivity index (χ0) is 14.0. The molecule has 0 atom stereocenters. The number of amides is 1. The predicted molar refractivity (Wildman–Crippen MR) is 80.6 cm³/mol. The van der Waals surface area contributed by atoms with Gasteiger partial charge in [0.05, 0.1) is 16.9 Å². The summed E-state index contributed by atoms with van der Waals surface area (Å²) in [6, 6.07) is 9.39. The van der Waals surface area contributed by atoms with Crippen LogP contribution in [0.1, 0.15) is 10.4 Å². The fraction of sp³-hybridized carbons (Fsp3) is 0. The maximum atomic E-state index is 13.6. The van der Waals surface area contributed by atoms with E-state index in [1.54, 1.807) is 24.3 Å². The quantitative estimate of drug-likeness (QED) is 0.759. The monoisotopic (exact) mass is 386 g/mol. The standard InChI is InChI=1S/C13H9Br2FN2O/c14-7-4-5-11(10(17)6-7)18-13(19)12-8(15)2-1-3-9(12)16/h1-6H,17H2,(H,18,19). The molecule has 0 aliphatic carbocycles. The van der Waals surface area contributed by atoms with E-state index >= 15 is 0 Å². The van der Waals surface area contributed by atoms with E-state index in [0.717, 1.165) is 4.47 Å². The molecule has 6 heteroatoms. The summed E-state index contributed by atoms with van der Waals surface area (Å²) in [7, 11) is 0. The van der Waals surface area contributed by atoms with Crippen LogP contribution in [0.15, 0.2) is 45.3 Å². The van der Waals surface area contributed by atoms with Crippen molar-refractivity contribution in [3.05, 3.63) is 56.7 Å². The van der Waals surface area contributed by atoms with Crippen molar-refractivity contribution in [3.63, 3.8) is 0 Å². The smallest absolute Gasteiger partial charge is 0.259 e. The lowest BCUT2D eigenvalue weighted by molar-refractivity contribution is 0.102. The van der Waals surface area contributed by atoms with Gasteiger partial charge in [-0.25, -0.2) is 4.39 Å². The van der Waals surface area contributed by atoms with E-state index in [0.29, 0.717) is 15.8 Å². The molecule has 98 valence electrons. The highest BCUT2D eigenvalue weighted by molar-refractivity contribution is 9.10. The minimum absolute atomic E-state index is 0.0511. The molecular formula is C13H9Br2FN2O. The summed E-state index contributed by atoms with van der Waals surface area (Å²) in [5.74, 6) is -1.15. The Morgan fingerprint density at radius 1 is 1.21 bits per heavy atom. The summed E-state index contributed by atoms with van der Waals surface area (Å²) in [6.07, 6.45) is 0. The fourth-order valence-electron chi connectivity index (χ4n) is 1.55. The summed E-state index contributed by atoms with van der Waals surface area (Å²) in [6.45, 7) is 0. The SMILES string of the molecule is Nc1cc(Br)ccc1NC(=O)c1c(F)cccc1Br. The molecule has 0 unspecified atom stereocenters. The van der Waals surface area contributed by atoms with Crippen LogP contribution in [0, 0.1) is 5.82 Å². The lowest BCUT2D eigenvalue weighted by atomic mass is 10.2. The molecule has 0 radical (unpaired) electrons. The first kappa shape index (κ1) is 14.0.